The van der Waals surface area contributed by atoms with Crippen molar-refractivity contribution in [3.8, 4) is 0 Å². The first-order valence-electron chi connectivity index (χ1n) is 5.32. The van der Waals surface area contributed by atoms with Crippen molar-refractivity contribution in [2.75, 3.05) is 11.9 Å². The van der Waals surface area contributed by atoms with Crippen molar-refractivity contribution in [3.05, 3.63) is 22.4 Å². The third-order valence-electron chi connectivity index (χ3n) is 2.08. The first-order valence-corrected chi connectivity index (χ1v) is 7.03. The van der Waals surface area contributed by atoms with Crippen LogP contribution in [0.3, 0.4) is 0 Å². The van der Waals surface area contributed by atoms with Crippen LogP contribution in [0.15, 0.2) is 10.9 Å². The molecule has 2 aromatic rings. The maximum absolute atomic E-state index is 4.40. The van der Waals surface area contributed by atoms with E-state index in [1.807, 2.05) is 5.51 Å². The highest BCUT2D eigenvalue weighted by Crippen LogP contribution is 2.12. The van der Waals surface area contributed by atoms with Crippen LogP contribution in [0, 0.1) is 0 Å². The summed E-state index contributed by atoms with van der Waals surface area (Å²) in [5, 5.41) is 6.26. The molecule has 0 radical (unpaired) electrons. The Bertz CT molecular complexity index is 410. The maximum atomic E-state index is 4.40. The molecule has 1 N–H and O–H groups in total. The summed E-state index contributed by atoms with van der Waals surface area (Å²) in [5.41, 5.74) is 3.00. The highest BCUT2D eigenvalue weighted by molar-refractivity contribution is 7.09. The van der Waals surface area contributed by atoms with Gasteiger partial charge in [-0.25, -0.2) is 9.97 Å². The van der Waals surface area contributed by atoms with E-state index in [0.717, 1.165) is 42.5 Å². The van der Waals surface area contributed by atoms with Crippen molar-refractivity contribution in [3.63, 3.8) is 0 Å². The molecule has 0 unspecified atom stereocenters. The summed E-state index contributed by atoms with van der Waals surface area (Å²) < 4.78 is 4.28. The van der Waals surface area contributed by atoms with Crippen LogP contribution in [0.4, 0.5) is 5.13 Å². The van der Waals surface area contributed by atoms with Crippen LogP contribution in [0.1, 0.15) is 24.9 Å². The molecule has 86 valence electrons. The predicted molar refractivity (Wildman–Crippen MR) is 68.2 cm³/mol. The standard InChI is InChI=1S/C10H14N4S2/c1-2-3-9-13-10(16-14-9)11-5-4-8-6-15-7-12-8/h6-7H,2-5H2,1H3,(H,11,13,14). The van der Waals surface area contributed by atoms with Gasteiger partial charge in [0.05, 0.1) is 11.2 Å². The van der Waals surface area contributed by atoms with E-state index in [4.69, 9.17) is 0 Å². The summed E-state index contributed by atoms with van der Waals surface area (Å²) >= 11 is 3.07. The lowest BCUT2D eigenvalue weighted by atomic mass is 10.3. The number of aromatic nitrogens is 3. The Labute approximate surface area is 103 Å². The number of thiazole rings is 1. The van der Waals surface area contributed by atoms with E-state index in [0.29, 0.717) is 0 Å². The van der Waals surface area contributed by atoms with E-state index in [2.05, 4.69) is 32.0 Å². The van der Waals surface area contributed by atoms with Crippen LogP contribution < -0.4 is 5.32 Å². The molecule has 0 aliphatic carbocycles. The number of anilines is 1. The van der Waals surface area contributed by atoms with Gasteiger partial charge in [-0.2, -0.15) is 4.37 Å². The number of nitrogens with one attached hydrogen (secondary N) is 1. The second kappa shape index (κ2) is 5.91. The Morgan fingerprint density at radius 2 is 2.31 bits per heavy atom. The third kappa shape index (κ3) is 3.24. The summed E-state index contributed by atoms with van der Waals surface area (Å²) in [6, 6.07) is 0. The zero-order valence-electron chi connectivity index (χ0n) is 9.14. The first kappa shape index (κ1) is 11.5. The van der Waals surface area contributed by atoms with Crippen LogP contribution in [0.25, 0.3) is 0 Å². The first-order chi connectivity index (χ1) is 7.88. The average Bonchev–Trinajstić information content (AvgIpc) is 2.90. The Hall–Kier alpha value is -1.01. The normalized spacial score (nSPS) is 10.6. The molecule has 0 fully saturated rings. The predicted octanol–water partition coefficient (Wildman–Crippen LogP) is 2.60. The molecular formula is C10H14N4S2. The highest BCUT2D eigenvalue weighted by atomic mass is 32.1. The minimum absolute atomic E-state index is 0.866. The molecule has 2 heterocycles. The van der Waals surface area contributed by atoms with Crippen LogP contribution in [0.5, 0.6) is 0 Å². The number of nitrogens with zero attached hydrogens (tertiary/aromatic N) is 3. The molecule has 0 atom stereocenters. The lowest BCUT2D eigenvalue weighted by molar-refractivity contribution is 0.860. The van der Waals surface area contributed by atoms with Crippen LogP contribution >= 0.6 is 22.9 Å². The summed E-state index contributed by atoms with van der Waals surface area (Å²) in [7, 11) is 0. The summed E-state index contributed by atoms with van der Waals surface area (Å²) in [6.45, 7) is 3.00. The number of rotatable bonds is 6. The molecule has 0 saturated carbocycles. The van der Waals surface area contributed by atoms with Crippen molar-refractivity contribution >= 4 is 28.0 Å². The van der Waals surface area contributed by atoms with Gasteiger partial charge in [-0.1, -0.05) is 6.92 Å². The van der Waals surface area contributed by atoms with Gasteiger partial charge in [0, 0.05) is 36.3 Å². The van der Waals surface area contributed by atoms with Gasteiger partial charge >= 0.3 is 0 Å². The molecule has 0 saturated heterocycles. The molecule has 4 nitrogen and oxygen atoms in total. The zero-order chi connectivity index (χ0) is 11.2. The van der Waals surface area contributed by atoms with Gasteiger partial charge in [0.15, 0.2) is 0 Å². The van der Waals surface area contributed by atoms with Crippen molar-refractivity contribution in [2.45, 2.75) is 26.2 Å². The van der Waals surface area contributed by atoms with Gasteiger partial charge in [0.2, 0.25) is 5.13 Å². The van der Waals surface area contributed by atoms with Crippen molar-refractivity contribution in [2.24, 2.45) is 0 Å². The maximum Gasteiger partial charge on any atom is 0.202 e. The van der Waals surface area contributed by atoms with Crippen molar-refractivity contribution in [1.82, 2.24) is 14.3 Å². The summed E-state index contributed by atoms with van der Waals surface area (Å²) in [6.07, 6.45) is 2.99. The van der Waals surface area contributed by atoms with E-state index in [-0.39, 0.29) is 0 Å². The monoisotopic (exact) mass is 254 g/mol. The lowest BCUT2D eigenvalue weighted by Gasteiger charge is -1.98. The minimum Gasteiger partial charge on any atom is -0.360 e. The van der Waals surface area contributed by atoms with Crippen LogP contribution in [-0.4, -0.2) is 20.9 Å². The van der Waals surface area contributed by atoms with E-state index < -0.39 is 0 Å². The van der Waals surface area contributed by atoms with E-state index in [1.165, 1.54) is 11.5 Å². The lowest BCUT2D eigenvalue weighted by Crippen LogP contribution is -2.04. The quantitative estimate of drug-likeness (QED) is 0.861. The molecule has 2 rings (SSSR count). The molecule has 0 aliphatic heterocycles. The zero-order valence-corrected chi connectivity index (χ0v) is 10.8. The number of hydrogen-bond donors (Lipinski definition) is 1. The van der Waals surface area contributed by atoms with E-state index in [9.17, 15) is 0 Å². The highest BCUT2D eigenvalue weighted by Gasteiger charge is 2.02. The van der Waals surface area contributed by atoms with Crippen LogP contribution in [0.2, 0.25) is 0 Å². The number of aryl methyl sites for hydroxylation is 1. The summed E-state index contributed by atoms with van der Waals surface area (Å²) in [5.74, 6) is 0.948. The Balaban J connectivity index is 1.76. The van der Waals surface area contributed by atoms with Crippen LogP contribution in [-0.2, 0) is 12.8 Å². The molecule has 16 heavy (non-hydrogen) atoms. The second-order valence-corrected chi connectivity index (χ2v) is 4.89. The van der Waals surface area contributed by atoms with Gasteiger partial charge in [0.25, 0.3) is 0 Å². The minimum atomic E-state index is 0.866. The molecule has 0 bridgehead atoms. The van der Waals surface area contributed by atoms with Crippen molar-refractivity contribution < 1.29 is 0 Å². The van der Waals surface area contributed by atoms with Gasteiger partial charge in [-0.15, -0.1) is 11.3 Å². The van der Waals surface area contributed by atoms with Crippen molar-refractivity contribution in [1.29, 1.82) is 0 Å². The molecule has 0 spiro atoms. The van der Waals surface area contributed by atoms with Gasteiger partial charge in [-0.05, 0) is 6.42 Å². The number of hydrogen-bond acceptors (Lipinski definition) is 6. The third-order valence-corrected chi connectivity index (χ3v) is 3.43. The van der Waals surface area contributed by atoms with E-state index >= 15 is 0 Å². The molecule has 0 amide bonds. The smallest absolute Gasteiger partial charge is 0.202 e. The summed E-state index contributed by atoms with van der Waals surface area (Å²) in [4.78, 5) is 8.63. The Morgan fingerprint density at radius 1 is 1.38 bits per heavy atom. The Kier molecular flexibility index (Phi) is 4.24. The Morgan fingerprint density at radius 3 is 3.06 bits per heavy atom. The molecular weight excluding hydrogens is 240 g/mol. The molecule has 0 aromatic carbocycles. The fraction of sp³-hybridized carbons (Fsp3) is 0.500. The second-order valence-electron chi connectivity index (χ2n) is 3.42. The van der Waals surface area contributed by atoms with Gasteiger partial charge in [0.1, 0.15) is 5.82 Å². The topological polar surface area (TPSA) is 50.7 Å². The molecule has 2 aromatic heterocycles. The van der Waals surface area contributed by atoms with Gasteiger partial charge < -0.3 is 5.32 Å². The molecule has 6 heteroatoms. The SMILES string of the molecule is CCCc1nsc(NCCc2cscn2)n1. The fourth-order valence-corrected chi connectivity index (χ4v) is 2.54. The average molecular weight is 254 g/mol. The fourth-order valence-electron chi connectivity index (χ4n) is 1.31. The molecule has 0 aliphatic rings. The van der Waals surface area contributed by atoms with Gasteiger partial charge in [-0.3, -0.25) is 0 Å². The van der Waals surface area contributed by atoms with E-state index in [1.54, 1.807) is 11.3 Å². The largest absolute Gasteiger partial charge is 0.360 e.